The molecule has 0 bridgehead atoms. The highest BCUT2D eigenvalue weighted by Crippen LogP contribution is 2.34. The van der Waals surface area contributed by atoms with Crippen molar-refractivity contribution in [1.82, 2.24) is 9.78 Å². The van der Waals surface area contributed by atoms with Crippen LogP contribution in [0, 0.1) is 4.91 Å². The third-order valence-electron chi connectivity index (χ3n) is 3.64. The Morgan fingerprint density at radius 2 is 1.89 bits per heavy atom. The van der Waals surface area contributed by atoms with Gasteiger partial charge >= 0.3 is 5.69 Å². The number of benzene rings is 2. The Hall–Kier alpha value is -2.71. The van der Waals surface area contributed by atoms with Gasteiger partial charge in [0.1, 0.15) is 11.9 Å². The van der Waals surface area contributed by atoms with Gasteiger partial charge in [-0.05, 0) is 30.3 Å². The first-order valence-corrected chi connectivity index (χ1v) is 9.48. The minimum atomic E-state index is -4.92. The largest absolute Gasteiger partial charge is 0.775 e. The van der Waals surface area contributed by atoms with E-state index in [1.807, 2.05) is 0 Å². The van der Waals surface area contributed by atoms with E-state index in [0.717, 1.165) is 6.20 Å². The van der Waals surface area contributed by atoms with Gasteiger partial charge in [-0.3, -0.25) is 0 Å². The fraction of sp³-hybridized carbons (Fsp3) is 0.0625. The summed E-state index contributed by atoms with van der Waals surface area (Å²) in [6.07, 6.45) is 0.954. The van der Waals surface area contributed by atoms with Gasteiger partial charge in [0.2, 0.25) is 5.88 Å². The molecule has 0 amide bonds. The molecule has 2 aromatic carbocycles. The van der Waals surface area contributed by atoms with Gasteiger partial charge in [0.15, 0.2) is 7.60 Å². The van der Waals surface area contributed by atoms with Crippen LogP contribution >= 0.6 is 19.2 Å². The van der Waals surface area contributed by atoms with E-state index < -0.39 is 12.9 Å². The summed E-state index contributed by atoms with van der Waals surface area (Å²) in [5, 5.41) is 13.1. The average molecular weight is 410 g/mol. The van der Waals surface area contributed by atoms with Crippen LogP contribution in [-0.4, -0.2) is 24.8 Å². The molecule has 11 heteroatoms. The third-order valence-corrected chi connectivity index (χ3v) is 4.81. The van der Waals surface area contributed by atoms with Gasteiger partial charge in [-0.25, -0.2) is 9.89 Å². The zero-order valence-corrected chi connectivity index (χ0v) is 15.2. The minimum Gasteiger partial charge on any atom is -0.775 e. The Labute approximate surface area is 158 Å². The molecule has 140 valence electrons. The lowest BCUT2D eigenvalue weighted by Gasteiger charge is -2.17. The number of halogens is 1. The fourth-order valence-corrected chi connectivity index (χ4v) is 3.11. The molecule has 0 fully saturated rings. The Morgan fingerprint density at radius 1 is 1.22 bits per heavy atom. The maximum Gasteiger partial charge on any atom is 0.323 e. The first-order chi connectivity index (χ1) is 12.8. The number of para-hydroxylation sites is 1. The Kier molecular flexibility index (Phi) is 5.29. The van der Waals surface area contributed by atoms with Gasteiger partial charge in [-0.1, -0.05) is 23.7 Å². The number of aromatic nitrogens is 2. The normalized spacial score (nSPS) is 13.1. The Balaban J connectivity index is 2.01. The van der Waals surface area contributed by atoms with Crippen molar-refractivity contribution < 1.29 is 29.2 Å². The van der Waals surface area contributed by atoms with Crippen LogP contribution in [0.5, 0.6) is 5.88 Å². The fourth-order valence-electron chi connectivity index (χ4n) is 2.39. The number of hydrogen-bond donors (Lipinski definition) is 2. The van der Waals surface area contributed by atoms with Crippen molar-refractivity contribution in [2.75, 3.05) is 0 Å². The highest BCUT2D eigenvalue weighted by Gasteiger charge is 2.23. The molecular weight excluding hydrogens is 397 g/mol. The maximum atomic E-state index is 11.7. The molecule has 0 aliphatic heterocycles. The molecule has 1 heterocycles. The van der Waals surface area contributed by atoms with Crippen LogP contribution in [0.2, 0.25) is 5.02 Å². The van der Waals surface area contributed by atoms with Crippen LogP contribution in [0.1, 0.15) is 5.56 Å². The first kappa shape index (κ1) is 19.1. The molecule has 0 saturated heterocycles. The molecule has 9 nitrogen and oxygen atoms in total. The van der Waals surface area contributed by atoms with E-state index in [1.165, 1.54) is 16.8 Å². The standard InChI is InChI=1S/C16H13ClN3O6P/c17-12-5-7-13(8-6-12)19-16(15(9-18-19)27(23,24)25)26-10-11-3-1-2-4-14(11)20(21)22/h1-9H,10H2,(H2-,21,22,23,24,25). The smallest absolute Gasteiger partial charge is 0.323 e. The zero-order valence-electron chi connectivity index (χ0n) is 13.6. The van der Waals surface area contributed by atoms with Crippen molar-refractivity contribution in [3.8, 4) is 11.6 Å². The summed E-state index contributed by atoms with van der Waals surface area (Å²) in [5.41, 5.74) is 0.671. The monoisotopic (exact) mass is 409 g/mol. The van der Waals surface area contributed by atoms with E-state index in [-0.39, 0.29) is 23.1 Å². The van der Waals surface area contributed by atoms with Crippen LogP contribution < -0.4 is 14.9 Å². The second-order valence-electron chi connectivity index (χ2n) is 5.43. The van der Waals surface area contributed by atoms with Crippen LogP contribution in [0.3, 0.4) is 0 Å². The Morgan fingerprint density at radius 3 is 2.52 bits per heavy atom. The summed E-state index contributed by atoms with van der Waals surface area (Å²) in [6, 6.07) is 12.4. The van der Waals surface area contributed by atoms with Crippen molar-refractivity contribution in [3.05, 3.63) is 70.2 Å². The van der Waals surface area contributed by atoms with Crippen molar-refractivity contribution in [1.29, 1.82) is 0 Å². The molecule has 27 heavy (non-hydrogen) atoms. The minimum absolute atomic E-state index is 0.0640. The van der Waals surface area contributed by atoms with Gasteiger partial charge in [0.25, 0.3) is 4.92 Å². The van der Waals surface area contributed by atoms with Crippen LogP contribution in [0.25, 0.3) is 5.69 Å². The van der Waals surface area contributed by atoms with Gasteiger partial charge in [-0.15, -0.1) is 0 Å². The van der Waals surface area contributed by atoms with Crippen LogP contribution in [0.15, 0.2) is 54.7 Å². The lowest BCUT2D eigenvalue weighted by Crippen LogP contribution is -2.17. The van der Waals surface area contributed by atoms with Crippen molar-refractivity contribution >= 4 is 30.2 Å². The van der Waals surface area contributed by atoms with Crippen LogP contribution in [-0.2, 0) is 11.2 Å². The summed E-state index contributed by atoms with van der Waals surface area (Å²) in [7, 11) is -4.92. The van der Waals surface area contributed by atoms with Gasteiger partial charge < -0.3 is 19.1 Å². The van der Waals surface area contributed by atoms with Gasteiger partial charge in [0, 0.05) is 11.1 Å². The average Bonchev–Trinajstić information content (AvgIpc) is 3.05. The summed E-state index contributed by atoms with van der Waals surface area (Å²) < 4.78 is 18.4. The van der Waals surface area contributed by atoms with Crippen molar-refractivity contribution in [2.45, 2.75) is 6.61 Å². The molecule has 3 aromatic rings. The molecule has 0 saturated carbocycles. The van der Waals surface area contributed by atoms with Crippen molar-refractivity contribution in [2.24, 2.45) is 0 Å². The number of nitrogens with zero attached hydrogens (tertiary/aromatic N) is 3. The van der Waals surface area contributed by atoms with Crippen LogP contribution in [0.4, 0.5) is 5.69 Å². The predicted molar refractivity (Wildman–Crippen MR) is 93.9 cm³/mol. The van der Waals surface area contributed by atoms with E-state index in [1.54, 1.807) is 36.4 Å². The SMILES string of the molecule is O=[N+](O)c1ccccc1COc1c(P(=O)([O-])O)cnn1-c1ccc(Cl)cc1. The summed E-state index contributed by atoms with van der Waals surface area (Å²) >= 11 is 5.85. The highest BCUT2D eigenvalue weighted by molar-refractivity contribution is 7.59. The molecule has 0 aliphatic carbocycles. The molecule has 0 spiro atoms. The lowest BCUT2D eigenvalue weighted by molar-refractivity contribution is -0.730. The number of ether oxygens (including phenoxy) is 1. The topological polar surface area (TPSA) is 128 Å². The molecule has 0 radical (unpaired) electrons. The van der Waals surface area contributed by atoms with E-state index in [0.29, 0.717) is 16.3 Å². The summed E-state index contributed by atoms with van der Waals surface area (Å²) in [5.74, 6) is -0.247. The highest BCUT2D eigenvalue weighted by atomic mass is 35.5. The van der Waals surface area contributed by atoms with E-state index >= 15 is 0 Å². The number of rotatable bonds is 6. The molecule has 0 aliphatic rings. The second-order valence-corrected chi connectivity index (χ2v) is 7.39. The van der Waals surface area contributed by atoms with E-state index in [9.17, 15) is 19.3 Å². The van der Waals surface area contributed by atoms with Gasteiger partial charge in [0.05, 0.1) is 22.4 Å². The van der Waals surface area contributed by atoms with Crippen molar-refractivity contribution in [3.63, 3.8) is 0 Å². The summed E-state index contributed by atoms with van der Waals surface area (Å²) in [4.78, 5) is 32.0. The molecule has 1 aromatic heterocycles. The summed E-state index contributed by atoms with van der Waals surface area (Å²) in [6.45, 7) is -0.262. The molecule has 1 unspecified atom stereocenters. The van der Waals surface area contributed by atoms with E-state index in [2.05, 4.69) is 5.10 Å². The van der Waals surface area contributed by atoms with Gasteiger partial charge in [-0.2, -0.15) is 5.10 Å². The quantitative estimate of drug-likeness (QED) is 0.471. The predicted octanol–water partition coefficient (Wildman–Crippen LogP) is 2.08. The molecule has 3 rings (SSSR count). The zero-order chi connectivity index (χ0) is 19.6. The van der Waals surface area contributed by atoms with E-state index in [4.69, 9.17) is 21.5 Å². The second kappa shape index (κ2) is 7.50. The third kappa shape index (κ3) is 4.17. The molecule has 1 atom stereocenters. The maximum absolute atomic E-state index is 11.7. The molecular formula is C16H13ClN3O6P. The first-order valence-electron chi connectivity index (χ1n) is 7.52. The lowest BCUT2D eigenvalue weighted by atomic mass is 10.2. The number of hydrogen-bond acceptors (Lipinski definition) is 5. The Bertz CT molecular complexity index is 1030. The molecule has 2 N–H and O–H groups in total.